The Hall–Kier alpha value is -0.430. The maximum absolute atomic E-state index is 11.9. The molecule has 0 aromatic carbocycles. The average molecular weight is 346 g/mol. The van der Waals surface area contributed by atoms with E-state index in [1.54, 1.807) is 7.11 Å². The van der Waals surface area contributed by atoms with E-state index in [1.807, 2.05) is 0 Å². The first-order valence-electron chi connectivity index (χ1n) is 6.03. The largest absolute Gasteiger partial charge is 0.373 e. The van der Waals surface area contributed by atoms with Gasteiger partial charge >= 0.3 is 0 Å². The molecule has 0 saturated heterocycles. The second-order valence-corrected chi connectivity index (χ2v) is 6.00. The van der Waals surface area contributed by atoms with Gasteiger partial charge in [0.05, 0.1) is 9.26 Å². The maximum Gasteiger partial charge on any atom is 0.264 e. The maximum atomic E-state index is 11.9. The van der Waals surface area contributed by atoms with Crippen LogP contribution in [0.15, 0.2) is 4.79 Å². The summed E-state index contributed by atoms with van der Waals surface area (Å²) in [6, 6.07) is 0. The van der Waals surface area contributed by atoms with Crippen LogP contribution in [0.2, 0.25) is 0 Å². The number of halogens is 1. The van der Waals surface area contributed by atoms with E-state index in [1.165, 1.54) is 12.8 Å². The standard InChI is InChI=1S/C12H15IN2O2/c1-17-10(7-4-5-7)11-14-9(6-2-3-6)8(13)12(16)15-11/h6-7,10H,2-5H2,1H3,(H,14,15,16). The lowest BCUT2D eigenvalue weighted by Gasteiger charge is -2.14. The fraction of sp³-hybridized carbons (Fsp3) is 0.667. The monoisotopic (exact) mass is 346 g/mol. The van der Waals surface area contributed by atoms with Gasteiger partial charge in [-0.2, -0.15) is 0 Å². The molecule has 0 spiro atoms. The van der Waals surface area contributed by atoms with E-state index in [-0.39, 0.29) is 11.7 Å². The normalized spacial score (nSPS) is 21.5. The first-order valence-corrected chi connectivity index (χ1v) is 7.11. The van der Waals surface area contributed by atoms with Crippen LogP contribution >= 0.6 is 22.6 Å². The van der Waals surface area contributed by atoms with Crippen molar-refractivity contribution in [2.45, 2.75) is 37.7 Å². The van der Waals surface area contributed by atoms with Gasteiger partial charge in [0.15, 0.2) is 0 Å². The summed E-state index contributed by atoms with van der Waals surface area (Å²) in [5, 5.41) is 0. The summed E-state index contributed by atoms with van der Waals surface area (Å²) in [7, 11) is 1.69. The summed E-state index contributed by atoms with van der Waals surface area (Å²) in [6.07, 6.45) is 4.64. The molecule has 1 aromatic rings. The Bertz CT molecular complexity index is 492. The highest BCUT2D eigenvalue weighted by molar-refractivity contribution is 14.1. The third-order valence-electron chi connectivity index (χ3n) is 3.44. The van der Waals surface area contributed by atoms with Crippen LogP contribution in [0.3, 0.4) is 0 Å². The number of nitrogens with one attached hydrogen (secondary N) is 1. The summed E-state index contributed by atoms with van der Waals surface area (Å²) < 4.78 is 6.22. The van der Waals surface area contributed by atoms with Gasteiger partial charge in [-0.1, -0.05) is 0 Å². The van der Waals surface area contributed by atoms with Crippen molar-refractivity contribution in [3.8, 4) is 0 Å². The quantitative estimate of drug-likeness (QED) is 0.852. The number of nitrogens with zero attached hydrogens (tertiary/aromatic N) is 1. The summed E-state index contributed by atoms with van der Waals surface area (Å²) in [5.41, 5.74) is 0.965. The average Bonchev–Trinajstić information content (AvgIpc) is 3.15. The number of hydrogen-bond donors (Lipinski definition) is 1. The molecule has 2 aliphatic carbocycles. The van der Waals surface area contributed by atoms with Gasteiger partial charge in [0, 0.05) is 13.0 Å². The van der Waals surface area contributed by atoms with Gasteiger partial charge in [0.25, 0.3) is 5.56 Å². The molecule has 2 fully saturated rings. The van der Waals surface area contributed by atoms with E-state index in [0.29, 0.717) is 11.8 Å². The molecular weight excluding hydrogens is 331 g/mol. The van der Waals surface area contributed by atoms with E-state index < -0.39 is 0 Å². The van der Waals surface area contributed by atoms with Crippen LogP contribution in [0.1, 0.15) is 49.2 Å². The van der Waals surface area contributed by atoms with Gasteiger partial charge < -0.3 is 9.72 Å². The molecule has 1 atom stereocenters. The number of rotatable bonds is 4. The Kier molecular flexibility index (Phi) is 2.98. The lowest BCUT2D eigenvalue weighted by molar-refractivity contribution is 0.0767. The fourth-order valence-electron chi connectivity index (χ4n) is 2.18. The van der Waals surface area contributed by atoms with E-state index >= 15 is 0 Å². The minimum absolute atomic E-state index is 0.0137. The van der Waals surface area contributed by atoms with Crippen molar-refractivity contribution in [3.05, 3.63) is 25.4 Å². The molecule has 5 heteroatoms. The first kappa shape index (κ1) is 11.6. The Morgan fingerprint density at radius 1 is 1.41 bits per heavy atom. The van der Waals surface area contributed by atoms with E-state index in [0.717, 1.165) is 27.9 Å². The third kappa shape index (κ3) is 2.27. The second-order valence-electron chi connectivity index (χ2n) is 4.92. The molecule has 1 heterocycles. The molecule has 1 aromatic heterocycles. The zero-order chi connectivity index (χ0) is 12.0. The predicted octanol–water partition coefficient (Wildman–Crippen LogP) is 2.35. The molecule has 3 rings (SSSR count). The van der Waals surface area contributed by atoms with Crippen LogP contribution < -0.4 is 5.56 Å². The predicted molar refractivity (Wildman–Crippen MR) is 72.0 cm³/mol. The van der Waals surface area contributed by atoms with Crippen LogP contribution in [0.5, 0.6) is 0 Å². The second kappa shape index (κ2) is 4.35. The molecule has 2 saturated carbocycles. The number of aromatic amines is 1. The van der Waals surface area contributed by atoms with Crippen molar-refractivity contribution < 1.29 is 4.74 Å². The molecule has 1 unspecified atom stereocenters. The highest BCUT2D eigenvalue weighted by atomic mass is 127. The molecule has 0 radical (unpaired) electrons. The highest BCUT2D eigenvalue weighted by Crippen LogP contribution is 2.43. The SMILES string of the molecule is COC(c1nc(C2CC2)c(I)c(=O)[nH]1)C1CC1. The zero-order valence-corrected chi connectivity index (χ0v) is 11.9. The van der Waals surface area contributed by atoms with Gasteiger partial charge in [-0.15, -0.1) is 0 Å². The van der Waals surface area contributed by atoms with Crippen molar-refractivity contribution in [3.63, 3.8) is 0 Å². The number of ether oxygens (including phenoxy) is 1. The molecule has 0 aliphatic heterocycles. The van der Waals surface area contributed by atoms with Crippen molar-refractivity contribution >= 4 is 22.6 Å². The first-order chi connectivity index (χ1) is 8.20. The number of H-pyrrole nitrogens is 1. The summed E-state index contributed by atoms with van der Waals surface area (Å²) in [5.74, 6) is 1.76. The van der Waals surface area contributed by atoms with E-state index in [4.69, 9.17) is 4.74 Å². The van der Waals surface area contributed by atoms with Crippen molar-refractivity contribution in [1.29, 1.82) is 0 Å². The minimum Gasteiger partial charge on any atom is -0.373 e. The van der Waals surface area contributed by atoms with Gasteiger partial charge in [0.1, 0.15) is 11.9 Å². The highest BCUT2D eigenvalue weighted by Gasteiger charge is 2.36. The topological polar surface area (TPSA) is 55.0 Å². The van der Waals surface area contributed by atoms with Crippen LogP contribution in [0, 0.1) is 9.49 Å². The van der Waals surface area contributed by atoms with Crippen molar-refractivity contribution in [1.82, 2.24) is 9.97 Å². The van der Waals surface area contributed by atoms with Crippen molar-refractivity contribution in [2.24, 2.45) is 5.92 Å². The Morgan fingerprint density at radius 2 is 2.12 bits per heavy atom. The van der Waals surface area contributed by atoms with Crippen LogP contribution in [0.25, 0.3) is 0 Å². The Labute approximate surface area is 113 Å². The third-order valence-corrected chi connectivity index (χ3v) is 4.49. The lowest BCUT2D eigenvalue weighted by atomic mass is 10.2. The van der Waals surface area contributed by atoms with Gasteiger partial charge in [0.2, 0.25) is 0 Å². The van der Waals surface area contributed by atoms with Crippen LogP contribution in [0.4, 0.5) is 0 Å². The molecular formula is C12H15IN2O2. The molecule has 17 heavy (non-hydrogen) atoms. The molecule has 0 amide bonds. The summed E-state index contributed by atoms with van der Waals surface area (Å²) in [4.78, 5) is 19.4. The lowest BCUT2D eigenvalue weighted by Crippen LogP contribution is -2.21. The molecule has 4 nitrogen and oxygen atoms in total. The smallest absolute Gasteiger partial charge is 0.264 e. The number of aromatic nitrogens is 2. The Balaban J connectivity index is 2.01. The van der Waals surface area contributed by atoms with Crippen LogP contribution in [-0.4, -0.2) is 17.1 Å². The number of methoxy groups -OCH3 is 1. The molecule has 0 bridgehead atoms. The molecule has 2 aliphatic rings. The van der Waals surface area contributed by atoms with Gasteiger partial charge in [-0.3, -0.25) is 4.79 Å². The fourth-order valence-corrected chi connectivity index (χ4v) is 2.88. The zero-order valence-electron chi connectivity index (χ0n) is 9.70. The molecule has 92 valence electrons. The number of hydrogen-bond acceptors (Lipinski definition) is 3. The van der Waals surface area contributed by atoms with E-state index in [9.17, 15) is 4.79 Å². The van der Waals surface area contributed by atoms with Gasteiger partial charge in [-0.05, 0) is 54.2 Å². The van der Waals surface area contributed by atoms with E-state index in [2.05, 4.69) is 32.6 Å². The summed E-state index contributed by atoms with van der Waals surface area (Å²) in [6.45, 7) is 0. The van der Waals surface area contributed by atoms with Crippen LogP contribution in [-0.2, 0) is 4.74 Å². The van der Waals surface area contributed by atoms with Gasteiger partial charge in [-0.25, -0.2) is 4.98 Å². The minimum atomic E-state index is -0.0304. The summed E-state index contributed by atoms with van der Waals surface area (Å²) >= 11 is 2.10. The Morgan fingerprint density at radius 3 is 2.65 bits per heavy atom. The van der Waals surface area contributed by atoms with Crippen molar-refractivity contribution in [2.75, 3.05) is 7.11 Å². The molecule has 1 N–H and O–H groups in total.